The molecule has 4 nitrogen and oxygen atoms in total. The third-order valence-electron chi connectivity index (χ3n) is 3.33. The van der Waals surface area contributed by atoms with Gasteiger partial charge in [-0.25, -0.2) is 4.39 Å². The molecular formula is C14H17FN2O2. The first kappa shape index (κ1) is 13.7. The summed E-state index contributed by atoms with van der Waals surface area (Å²) in [6.45, 7) is 1.93. The number of carbonyl (C=O) groups is 2. The topological polar surface area (TPSA) is 58.2 Å². The Kier molecular flexibility index (Phi) is 4.27. The van der Waals surface area contributed by atoms with Crippen molar-refractivity contribution >= 4 is 11.8 Å². The number of halogens is 1. The van der Waals surface area contributed by atoms with Crippen LogP contribution in [0.25, 0.3) is 0 Å². The second-order valence-corrected chi connectivity index (χ2v) is 4.65. The van der Waals surface area contributed by atoms with E-state index in [-0.39, 0.29) is 23.7 Å². The monoisotopic (exact) mass is 264 g/mol. The average molecular weight is 264 g/mol. The maximum atomic E-state index is 13.7. The Balaban J connectivity index is 2.10. The van der Waals surface area contributed by atoms with Gasteiger partial charge >= 0.3 is 0 Å². The molecule has 0 radical (unpaired) electrons. The van der Waals surface area contributed by atoms with E-state index in [0.29, 0.717) is 24.8 Å². The van der Waals surface area contributed by atoms with Gasteiger partial charge in [0, 0.05) is 18.0 Å². The van der Waals surface area contributed by atoms with E-state index >= 15 is 0 Å². The van der Waals surface area contributed by atoms with Crippen molar-refractivity contribution < 1.29 is 14.0 Å². The fourth-order valence-electron chi connectivity index (χ4n) is 2.28. The van der Waals surface area contributed by atoms with Gasteiger partial charge in [-0.15, -0.1) is 0 Å². The van der Waals surface area contributed by atoms with E-state index < -0.39 is 6.04 Å². The van der Waals surface area contributed by atoms with Gasteiger partial charge in [0.25, 0.3) is 0 Å². The Hall–Kier alpha value is -1.75. The first-order valence-corrected chi connectivity index (χ1v) is 6.46. The highest BCUT2D eigenvalue weighted by atomic mass is 19.1. The molecule has 2 N–H and O–H groups in total. The molecule has 2 atom stereocenters. The number of hydrogen-bond donors (Lipinski definition) is 2. The van der Waals surface area contributed by atoms with Gasteiger partial charge in [0.2, 0.25) is 11.8 Å². The molecule has 1 heterocycles. The molecule has 0 saturated carbocycles. The van der Waals surface area contributed by atoms with E-state index in [1.54, 1.807) is 18.2 Å². The van der Waals surface area contributed by atoms with Crippen LogP contribution >= 0.6 is 0 Å². The van der Waals surface area contributed by atoms with Crippen molar-refractivity contribution in [1.29, 1.82) is 0 Å². The Morgan fingerprint density at radius 1 is 1.42 bits per heavy atom. The molecule has 1 aromatic rings. The summed E-state index contributed by atoms with van der Waals surface area (Å²) in [5.41, 5.74) is 0.551. The molecular weight excluding hydrogens is 247 g/mol. The number of imide groups is 1. The highest BCUT2D eigenvalue weighted by molar-refractivity contribution is 6.00. The van der Waals surface area contributed by atoms with Gasteiger partial charge in [-0.2, -0.15) is 0 Å². The van der Waals surface area contributed by atoms with Crippen LogP contribution in [0.2, 0.25) is 0 Å². The predicted octanol–water partition coefficient (Wildman–Crippen LogP) is 1.67. The highest BCUT2D eigenvalue weighted by Crippen LogP contribution is 2.21. The lowest BCUT2D eigenvalue weighted by molar-refractivity contribution is -0.134. The summed E-state index contributed by atoms with van der Waals surface area (Å²) in [5, 5.41) is 5.42. The SMILES string of the molecule is CCC(NC1CCC(=O)NC1=O)c1ccccc1F. The number of amides is 2. The van der Waals surface area contributed by atoms with Crippen LogP contribution in [-0.4, -0.2) is 17.9 Å². The van der Waals surface area contributed by atoms with E-state index in [0.717, 1.165) is 0 Å². The first-order valence-electron chi connectivity index (χ1n) is 6.46. The second kappa shape index (κ2) is 5.93. The number of hydrogen-bond acceptors (Lipinski definition) is 3. The lowest BCUT2D eigenvalue weighted by Crippen LogP contribution is -2.51. The summed E-state index contributed by atoms with van der Waals surface area (Å²) in [4.78, 5) is 22.8. The maximum Gasteiger partial charge on any atom is 0.243 e. The van der Waals surface area contributed by atoms with Gasteiger partial charge in [0.15, 0.2) is 0 Å². The number of benzene rings is 1. The van der Waals surface area contributed by atoms with Crippen molar-refractivity contribution in [2.75, 3.05) is 0 Å². The van der Waals surface area contributed by atoms with Crippen LogP contribution in [0, 0.1) is 5.82 Å². The molecule has 2 unspecified atom stereocenters. The largest absolute Gasteiger partial charge is 0.299 e. The predicted molar refractivity (Wildman–Crippen MR) is 68.7 cm³/mol. The van der Waals surface area contributed by atoms with Crippen molar-refractivity contribution in [3.05, 3.63) is 35.6 Å². The number of rotatable bonds is 4. The van der Waals surface area contributed by atoms with Crippen LogP contribution < -0.4 is 10.6 Å². The van der Waals surface area contributed by atoms with E-state index in [1.807, 2.05) is 6.92 Å². The van der Waals surface area contributed by atoms with Gasteiger partial charge in [-0.05, 0) is 18.9 Å². The molecule has 2 rings (SSSR count). The maximum absolute atomic E-state index is 13.7. The molecule has 1 aliphatic rings. The Labute approximate surface area is 111 Å². The Bertz CT molecular complexity index is 490. The lowest BCUT2D eigenvalue weighted by atomic mass is 9.99. The van der Waals surface area contributed by atoms with Crippen LogP contribution in [-0.2, 0) is 9.59 Å². The smallest absolute Gasteiger partial charge is 0.243 e. The van der Waals surface area contributed by atoms with Gasteiger partial charge in [-0.1, -0.05) is 25.1 Å². The van der Waals surface area contributed by atoms with Gasteiger partial charge < -0.3 is 0 Å². The molecule has 2 amide bonds. The Morgan fingerprint density at radius 2 is 2.16 bits per heavy atom. The fraction of sp³-hybridized carbons (Fsp3) is 0.429. The lowest BCUT2D eigenvalue weighted by Gasteiger charge is -2.27. The van der Waals surface area contributed by atoms with Crippen molar-refractivity contribution in [1.82, 2.24) is 10.6 Å². The summed E-state index contributed by atoms with van der Waals surface area (Å²) in [7, 11) is 0. The molecule has 5 heteroatoms. The van der Waals surface area contributed by atoms with E-state index in [1.165, 1.54) is 6.07 Å². The summed E-state index contributed by atoms with van der Waals surface area (Å²) in [6.07, 6.45) is 1.44. The normalized spacial score (nSPS) is 21.1. The zero-order valence-electron chi connectivity index (χ0n) is 10.8. The van der Waals surface area contributed by atoms with Crippen molar-refractivity contribution in [2.45, 2.75) is 38.3 Å². The minimum Gasteiger partial charge on any atom is -0.299 e. The molecule has 0 aliphatic carbocycles. The number of carbonyl (C=O) groups excluding carboxylic acids is 2. The molecule has 1 aliphatic heterocycles. The van der Waals surface area contributed by atoms with Crippen LogP contribution in [0.5, 0.6) is 0 Å². The van der Waals surface area contributed by atoms with Gasteiger partial charge in [-0.3, -0.25) is 20.2 Å². The standard InChI is InChI=1S/C14H17FN2O2/c1-2-11(9-5-3-4-6-10(9)15)16-12-7-8-13(18)17-14(12)19/h3-6,11-12,16H,2,7-8H2,1H3,(H,17,18,19). The van der Waals surface area contributed by atoms with Gasteiger partial charge in [0.1, 0.15) is 5.82 Å². The van der Waals surface area contributed by atoms with Crippen LogP contribution in [0.4, 0.5) is 4.39 Å². The average Bonchev–Trinajstić information content (AvgIpc) is 2.39. The third kappa shape index (κ3) is 3.17. The minimum absolute atomic E-state index is 0.231. The van der Waals surface area contributed by atoms with Crippen LogP contribution in [0.1, 0.15) is 37.8 Å². The second-order valence-electron chi connectivity index (χ2n) is 4.65. The molecule has 102 valence electrons. The molecule has 1 saturated heterocycles. The zero-order valence-corrected chi connectivity index (χ0v) is 10.8. The third-order valence-corrected chi connectivity index (χ3v) is 3.33. The highest BCUT2D eigenvalue weighted by Gasteiger charge is 2.28. The summed E-state index contributed by atoms with van der Waals surface area (Å²) < 4.78 is 13.7. The number of nitrogens with one attached hydrogen (secondary N) is 2. The quantitative estimate of drug-likeness (QED) is 0.813. The van der Waals surface area contributed by atoms with E-state index in [4.69, 9.17) is 0 Å². The van der Waals surface area contributed by atoms with Crippen molar-refractivity contribution in [3.63, 3.8) is 0 Å². The molecule has 0 bridgehead atoms. The van der Waals surface area contributed by atoms with Crippen molar-refractivity contribution in [3.8, 4) is 0 Å². The minimum atomic E-state index is -0.442. The molecule has 1 fully saturated rings. The molecule has 0 spiro atoms. The van der Waals surface area contributed by atoms with Gasteiger partial charge in [0.05, 0.1) is 6.04 Å². The molecule has 0 aromatic heterocycles. The fourth-order valence-corrected chi connectivity index (χ4v) is 2.28. The van der Waals surface area contributed by atoms with Crippen molar-refractivity contribution in [2.24, 2.45) is 0 Å². The molecule has 1 aromatic carbocycles. The first-order chi connectivity index (χ1) is 9.11. The zero-order chi connectivity index (χ0) is 13.8. The summed E-state index contributed by atoms with van der Waals surface area (Å²) >= 11 is 0. The summed E-state index contributed by atoms with van der Waals surface area (Å²) in [6, 6.07) is 5.85. The van der Waals surface area contributed by atoms with Crippen LogP contribution in [0.15, 0.2) is 24.3 Å². The molecule has 19 heavy (non-hydrogen) atoms. The van der Waals surface area contributed by atoms with Crippen LogP contribution in [0.3, 0.4) is 0 Å². The summed E-state index contributed by atoms with van der Waals surface area (Å²) in [5.74, 6) is -0.859. The van der Waals surface area contributed by atoms with E-state index in [2.05, 4.69) is 10.6 Å². The van der Waals surface area contributed by atoms with E-state index in [9.17, 15) is 14.0 Å². The Morgan fingerprint density at radius 3 is 2.79 bits per heavy atom. The number of piperidine rings is 1.